The van der Waals surface area contributed by atoms with Gasteiger partial charge in [0.2, 0.25) is 28.6 Å². The van der Waals surface area contributed by atoms with Crippen molar-refractivity contribution in [2.75, 3.05) is 23.4 Å². The van der Waals surface area contributed by atoms with Crippen LogP contribution in [0.15, 0.2) is 42.5 Å². The fourth-order valence-electron chi connectivity index (χ4n) is 4.70. The number of ether oxygens (including phenoxy) is 2. The molecule has 1 aliphatic heterocycles. The number of halogens is 1. The van der Waals surface area contributed by atoms with E-state index in [4.69, 9.17) is 21.1 Å². The van der Waals surface area contributed by atoms with Gasteiger partial charge in [0, 0.05) is 23.7 Å². The first-order valence-corrected chi connectivity index (χ1v) is 14.9. The zero-order valence-corrected chi connectivity index (χ0v) is 23.3. The molecule has 2 aliphatic rings. The molecule has 2 aromatic carbocycles. The van der Waals surface area contributed by atoms with Crippen LogP contribution in [-0.2, 0) is 26.2 Å². The molecule has 2 aromatic rings. The molecule has 9 nitrogen and oxygen atoms in total. The number of carbonyl (C=O) groups excluding carboxylic acids is 2. The van der Waals surface area contributed by atoms with Gasteiger partial charge in [0.25, 0.3) is 0 Å². The predicted molar refractivity (Wildman–Crippen MR) is 146 cm³/mol. The van der Waals surface area contributed by atoms with Gasteiger partial charge in [-0.15, -0.1) is 0 Å². The SMILES string of the molecule is CCS(=O)(=O)N(CC(=O)N(Cc1ccc(Cl)cc1)[C@@H](C)C(=O)NC1CCCCC1)c1ccc2c(c1)OCO2. The molecular weight excluding hydrogens is 530 g/mol. The van der Waals surface area contributed by atoms with Gasteiger partial charge in [-0.2, -0.15) is 0 Å². The number of hydrogen-bond acceptors (Lipinski definition) is 6. The number of nitrogens with zero attached hydrogens (tertiary/aromatic N) is 2. The summed E-state index contributed by atoms with van der Waals surface area (Å²) >= 11 is 6.04. The van der Waals surface area contributed by atoms with Gasteiger partial charge in [-0.25, -0.2) is 8.42 Å². The molecule has 0 aromatic heterocycles. The summed E-state index contributed by atoms with van der Waals surface area (Å²) in [4.78, 5) is 28.5. The second-order valence-electron chi connectivity index (χ2n) is 9.61. The summed E-state index contributed by atoms with van der Waals surface area (Å²) < 4.78 is 38.0. The highest BCUT2D eigenvalue weighted by Crippen LogP contribution is 2.36. The van der Waals surface area contributed by atoms with Crippen molar-refractivity contribution in [3.8, 4) is 11.5 Å². The minimum absolute atomic E-state index is 0.0424. The number of fused-ring (bicyclic) bond motifs is 1. The van der Waals surface area contributed by atoms with Gasteiger partial charge in [0.15, 0.2) is 11.5 Å². The van der Waals surface area contributed by atoms with Crippen molar-refractivity contribution in [2.24, 2.45) is 0 Å². The molecule has 0 unspecified atom stereocenters. The van der Waals surface area contributed by atoms with E-state index in [1.54, 1.807) is 49.4 Å². The quantitative estimate of drug-likeness (QED) is 0.467. The van der Waals surface area contributed by atoms with Gasteiger partial charge in [-0.05, 0) is 56.5 Å². The molecular formula is C27H34ClN3O6S. The van der Waals surface area contributed by atoms with Gasteiger partial charge >= 0.3 is 0 Å². The van der Waals surface area contributed by atoms with Crippen LogP contribution in [0.1, 0.15) is 51.5 Å². The minimum Gasteiger partial charge on any atom is -0.454 e. The highest BCUT2D eigenvalue weighted by atomic mass is 35.5. The van der Waals surface area contributed by atoms with Crippen LogP contribution >= 0.6 is 11.6 Å². The topological polar surface area (TPSA) is 105 Å². The average molecular weight is 564 g/mol. The third-order valence-corrected chi connectivity index (χ3v) is 9.00. The summed E-state index contributed by atoms with van der Waals surface area (Å²) in [6.07, 6.45) is 5.11. The molecule has 206 valence electrons. The molecule has 1 saturated carbocycles. The second-order valence-corrected chi connectivity index (χ2v) is 12.2. The lowest BCUT2D eigenvalue weighted by Gasteiger charge is -2.33. The van der Waals surface area contributed by atoms with Crippen LogP contribution in [0, 0.1) is 0 Å². The summed E-state index contributed by atoms with van der Waals surface area (Å²) in [5.74, 6) is -0.0483. The maximum absolute atomic E-state index is 13.8. The highest BCUT2D eigenvalue weighted by Gasteiger charge is 2.32. The summed E-state index contributed by atoms with van der Waals surface area (Å²) in [6.45, 7) is 2.89. The molecule has 1 atom stereocenters. The summed E-state index contributed by atoms with van der Waals surface area (Å²) in [5.41, 5.74) is 1.06. The summed E-state index contributed by atoms with van der Waals surface area (Å²) in [7, 11) is -3.83. The van der Waals surface area contributed by atoms with Gasteiger partial charge < -0.3 is 19.7 Å². The Labute approximate surface area is 229 Å². The molecule has 4 rings (SSSR count). The monoisotopic (exact) mass is 563 g/mol. The fourth-order valence-corrected chi connectivity index (χ4v) is 5.88. The van der Waals surface area contributed by atoms with Gasteiger partial charge in [0.05, 0.1) is 11.4 Å². The van der Waals surface area contributed by atoms with Gasteiger partial charge in [-0.1, -0.05) is 43.0 Å². The normalized spacial score (nSPS) is 16.1. The van der Waals surface area contributed by atoms with Crippen molar-refractivity contribution in [2.45, 2.75) is 64.6 Å². The molecule has 0 radical (unpaired) electrons. The first kappa shape index (κ1) is 28.0. The standard InChI is InChI=1S/C27H34ClN3O6S/c1-3-38(34,35)31(23-13-14-24-25(15-23)37-18-36-24)17-26(32)30(16-20-9-11-21(28)12-10-20)19(2)27(33)29-22-7-5-4-6-8-22/h9-15,19,22H,3-8,16-18H2,1-2H3,(H,29,33)/t19-/m0/s1. The summed E-state index contributed by atoms with van der Waals surface area (Å²) in [5, 5.41) is 3.64. The number of benzene rings is 2. The number of sulfonamides is 1. The maximum Gasteiger partial charge on any atom is 0.244 e. The molecule has 11 heteroatoms. The van der Waals surface area contributed by atoms with Crippen molar-refractivity contribution >= 4 is 39.1 Å². The van der Waals surface area contributed by atoms with Crippen molar-refractivity contribution in [3.63, 3.8) is 0 Å². The Bertz CT molecular complexity index is 1250. The first-order chi connectivity index (χ1) is 18.2. The molecule has 0 saturated heterocycles. The van der Waals surface area contributed by atoms with E-state index in [9.17, 15) is 18.0 Å². The average Bonchev–Trinajstić information content (AvgIpc) is 3.39. The van der Waals surface area contributed by atoms with Crippen molar-refractivity contribution < 1.29 is 27.5 Å². The number of rotatable bonds is 10. The van der Waals surface area contributed by atoms with Crippen LogP contribution in [0.3, 0.4) is 0 Å². The zero-order valence-electron chi connectivity index (χ0n) is 21.7. The number of amides is 2. The van der Waals surface area contributed by atoms with E-state index in [0.29, 0.717) is 16.5 Å². The van der Waals surface area contributed by atoms with Crippen molar-refractivity contribution in [3.05, 3.63) is 53.1 Å². The van der Waals surface area contributed by atoms with Crippen LogP contribution in [-0.4, -0.2) is 56.3 Å². The van der Waals surface area contributed by atoms with Crippen LogP contribution in [0.2, 0.25) is 5.02 Å². The van der Waals surface area contributed by atoms with E-state index in [1.807, 2.05) is 0 Å². The molecule has 0 bridgehead atoms. The zero-order chi connectivity index (χ0) is 27.3. The van der Waals surface area contributed by atoms with Crippen molar-refractivity contribution in [1.29, 1.82) is 0 Å². The van der Waals surface area contributed by atoms with Crippen LogP contribution in [0.25, 0.3) is 0 Å². The molecule has 1 aliphatic carbocycles. The Morgan fingerprint density at radius 1 is 1.05 bits per heavy atom. The predicted octanol–water partition coefficient (Wildman–Crippen LogP) is 4.09. The molecule has 0 spiro atoms. The maximum atomic E-state index is 13.8. The molecule has 1 N–H and O–H groups in total. The van der Waals surface area contributed by atoms with Gasteiger partial charge in [0.1, 0.15) is 12.6 Å². The molecule has 1 heterocycles. The lowest BCUT2D eigenvalue weighted by molar-refractivity contribution is -0.139. The van der Waals surface area contributed by atoms with E-state index in [-0.39, 0.29) is 36.7 Å². The highest BCUT2D eigenvalue weighted by molar-refractivity contribution is 7.92. The van der Waals surface area contributed by atoms with E-state index >= 15 is 0 Å². The van der Waals surface area contributed by atoms with Crippen molar-refractivity contribution in [1.82, 2.24) is 10.2 Å². The fraction of sp³-hybridized carbons (Fsp3) is 0.481. The molecule has 2 amide bonds. The number of carbonyl (C=O) groups is 2. The molecule has 1 fully saturated rings. The van der Waals surface area contributed by atoms with Crippen LogP contribution in [0.4, 0.5) is 5.69 Å². The van der Waals surface area contributed by atoms with Crippen LogP contribution in [0.5, 0.6) is 11.5 Å². The smallest absolute Gasteiger partial charge is 0.244 e. The Morgan fingerprint density at radius 2 is 1.74 bits per heavy atom. The third-order valence-electron chi connectivity index (χ3n) is 7.01. The second kappa shape index (κ2) is 12.3. The third kappa shape index (κ3) is 6.71. The minimum atomic E-state index is -3.83. The number of hydrogen-bond donors (Lipinski definition) is 1. The lowest BCUT2D eigenvalue weighted by atomic mass is 9.95. The van der Waals surface area contributed by atoms with E-state index in [0.717, 1.165) is 42.0 Å². The number of nitrogens with one attached hydrogen (secondary N) is 1. The Balaban J connectivity index is 1.60. The number of anilines is 1. The Hall–Kier alpha value is -2.98. The van der Waals surface area contributed by atoms with E-state index in [1.165, 1.54) is 11.8 Å². The van der Waals surface area contributed by atoms with E-state index < -0.39 is 28.5 Å². The Kier molecular flexibility index (Phi) is 9.04. The summed E-state index contributed by atoms with van der Waals surface area (Å²) in [6, 6.07) is 11.0. The van der Waals surface area contributed by atoms with Crippen LogP contribution < -0.4 is 19.1 Å². The lowest BCUT2D eigenvalue weighted by Crippen LogP contribution is -2.53. The van der Waals surface area contributed by atoms with Gasteiger partial charge in [-0.3, -0.25) is 13.9 Å². The largest absolute Gasteiger partial charge is 0.454 e. The van der Waals surface area contributed by atoms with E-state index in [2.05, 4.69) is 5.32 Å². The Morgan fingerprint density at radius 3 is 2.42 bits per heavy atom. The molecule has 38 heavy (non-hydrogen) atoms. The first-order valence-electron chi connectivity index (χ1n) is 12.9.